The Morgan fingerprint density at radius 3 is 2.70 bits per heavy atom. The van der Waals surface area contributed by atoms with Crippen LogP contribution in [-0.4, -0.2) is 43.9 Å². The molecule has 1 N–H and O–H groups in total. The van der Waals surface area contributed by atoms with E-state index in [9.17, 15) is 5.11 Å². The highest BCUT2D eigenvalue weighted by Crippen LogP contribution is 2.53. The number of fused-ring (bicyclic) bond motifs is 2. The van der Waals surface area contributed by atoms with Crippen molar-refractivity contribution >= 4 is 0 Å². The first-order valence-corrected chi connectivity index (χ1v) is 8.29. The molecule has 0 aliphatic heterocycles. The highest BCUT2D eigenvalue weighted by Gasteiger charge is 2.52. The standard InChI is InChI=1S/C19H30O4/c1-14-11-17(20)16-7-6-8-19(12-15(14)2,18(16,3)4)23-13-22-10-9-21-5/h7,17,20H,1-2,6,8-13H2,3-5H3/t17-,19-/m1/s1. The topological polar surface area (TPSA) is 47.9 Å². The minimum Gasteiger partial charge on any atom is -0.388 e. The number of aliphatic hydroxyl groups excluding tert-OH is 1. The Balaban J connectivity index is 2.23. The molecule has 4 nitrogen and oxygen atoms in total. The number of methoxy groups -OCH3 is 1. The molecule has 0 amide bonds. The van der Waals surface area contributed by atoms with Crippen molar-refractivity contribution in [2.24, 2.45) is 5.41 Å². The first-order valence-electron chi connectivity index (χ1n) is 8.29. The fourth-order valence-electron chi connectivity index (χ4n) is 3.77. The molecule has 0 heterocycles. The van der Waals surface area contributed by atoms with E-state index in [0.717, 1.165) is 36.0 Å². The van der Waals surface area contributed by atoms with Crippen molar-refractivity contribution < 1.29 is 19.3 Å². The number of rotatable bonds is 6. The van der Waals surface area contributed by atoms with Gasteiger partial charge in [0.2, 0.25) is 0 Å². The molecule has 0 aromatic rings. The molecule has 2 aliphatic carbocycles. The van der Waals surface area contributed by atoms with Crippen LogP contribution >= 0.6 is 0 Å². The molecule has 0 aromatic heterocycles. The predicted molar refractivity (Wildman–Crippen MR) is 91.1 cm³/mol. The van der Waals surface area contributed by atoms with Gasteiger partial charge in [0.05, 0.1) is 24.9 Å². The molecule has 0 radical (unpaired) electrons. The summed E-state index contributed by atoms with van der Waals surface area (Å²) < 4.78 is 16.8. The van der Waals surface area contributed by atoms with Crippen molar-refractivity contribution in [1.29, 1.82) is 0 Å². The summed E-state index contributed by atoms with van der Waals surface area (Å²) in [7, 11) is 1.65. The van der Waals surface area contributed by atoms with Crippen LogP contribution in [0.3, 0.4) is 0 Å². The van der Waals surface area contributed by atoms with E-state index in [1.54, 1.807) is 7.11 Å². The minimum atomic E-state index is -0.521. The fraction of sp³-hybridized carbons (Fsp3) is 0.684. The van der Waals surface area contributed by atoms with Crippen LogP contribution in [-0.2, 0) is 14.2 Å². The summed E-state index contributed by atoms with van der Waals surface area (Å²) in [6.07, 6.45) is 4.70. The second-order valence-corrected chi connectivity index (χ2v) is 7.08. The summed E-state index contributed by atoms with van der Waals surface area (Å²) in [6, 6.07) is 0. The molecule has 2 bridgehead atoms. The van der Waals surface area contributed by atoms with Gasteiger partial charge in [-0.05, 0) is 29.6 Å². The molecule has 130 valence electrons. The third kappa shape index (κ3) is 3.61. The summed E-state index contributed by atoms with van der Waals surface area (Å²) in [5.74, 6) is 0. The quantitative estimate of drug-likeness (QED) is 0.463. The summed E-state index contributed by atoms with van der Waals surface area (Å²) in [6.45, 7) is 13.8. The molecular formula is C19H30O4. The van der Waals surface area contributed by atoms with Crippen LogP contribution in [0.25, 0.3) is 0 Å². The van der Waals surface area contributed by atoms with Crippen LogP contribution in [0.1, 0.15) is 39.5 Å². The monoisotopic (exact) mass is 322 g/mol. The Morgan fingerprint density at radius 2 is 2.00 bits per heavy atom. The van der Waals surface area contributed by atoms with Crippen molar-refractivity contribution in [2.45, 2.75) is 51.2 Å². The third-order valence-electron chi connectivity index (χ3n) is 5.42. The van der Waals surface area contributed by atoms with Gasteiger partial charge in [0.25, 0.3) is 0 Å². The first kappa shape index (κ1) is 18.4. The van der Waals surface area contributed by atoms with Crippen LogP contribution in [0.5, 0.6) is 0 Å². The van der Waals surface area contributed by atoms with E-state index in [1.165, 1.54) is 0 Å². The van der Waals surface area contributed by atoms with Crippen LogP contribution in [0.4, 0.5) is 0 Å². The van der Waals surface area contributed by atoms with E-state index < -0.39 is 11.7 Å². The Labute approximate surface area is 139 Å². The van der Waals surface area contributed by atoms with Crippen molar-refractivity contribution in [3.63, 3.8) is 0 Å². The van der Waals surface area contributed by atoms with E-state index in [2.05, 4.69) is 33.1 Å². The molecule has 0 saturated heterocycles. The van der Waals surface area contributed by atoms with Gasteiger partial charge in [-0.1, -0.05) is 33.1 Å². The van der Waals surface area contributed by atoms with Crippen LogP contribution in [0.15, 0.2) is 36.0 Å². The summed E-state index contributed by atoms with van der Waals surface area (Å²) in [4.78, 5) is 0. The van der Waals surface area contributed by atoms with Gasteiger partial charge in [-0.25, -0.2) is 0 Å². The molecule has 1 fully saturated rings. The molecule has 4 heteroatoms. The number of aliphatic hydroxyl groups is 1. The lowest BCUT2D eigenvalue weighted by Crippen LogP contribution is -2.53. The van der Waals surface area contributed by atoms with Crippen LogP contribution in [0.2, 0.25) is 0 Å². The second-order valence-electron chi connectivity index (χ2n) is 7.08. The van der Waals surface area contributed by atoms with E-state index in [4.69, 9.17) is 14.2 Å². The molecule has 1 saturated carbocycles. The number of allylic oxidation sites excluding steroid dienone is 1. The number of hydrogen-bond acceptors (Lipinski definition) is 4. The van der Waals surface area contributed by atoms with Crippen LogP contribution < -0.4 is 0 Å². The van der Waals surface area contributed by atoms with Crippen LogP contribution in [0, 0.1) is 5.41 Å². The SMILES string of the molecule is C=C1C[C@@H](O)C2=CCC[C@@](OCOCCOC)(CC1=C)C2(C)C. The smallest absolute Gasteiger partial charge is 0.147 e. The highest BCUT2D eigenvalue weighted by molar-refractivity contribution is 5.38. The molecule has 23 heavy (non-hydrogen) atoms. The number of ether oxygens (including phenoxy) is 3. The summed E-state index contributed by atoms with van der Waals surface area (Å²) in [5, 5.41) is 10.6. The minimum absolute atomic E-state index is 0.218. The van der Waals surface area contributed by atoms with E-state index in [-0.39, 0.29) is 12.2 Å². The van der Waals surface area contributed by atoms with E-state index in [0.29, 0.717) is 19.6 Å². The molecule has 0 aromatic carbocycles. The summed E-state index contributed by atoms with van der Waals surface area (Å²) >= 11 is 0. The van der Waals surface area contributed by atoms with E-state index >= 15 is 0 Å². The molecule has 2 rings (SSSR count). The van der Waals surface area contributed by atoms with Crippen molar-refractivity contribution in [2.75, 3.05) is 27.1 Å². The maximum Gasteiger partial charge on any atom is 0.147 e. The molecule has 0 unspecified atom stereocenters. The van der Waals surface area contributed by atoms with Crippen molar-refractivity contribution in [3.8, 4) is 0 Å². The Bertz CT molecular complexity index is 492. The molecular weight excluding hydrogens is 292 g/mol. The van der Waals surface area contributed by atoms with Gasteiger partial charge in [0.1, 0.15) is 6.79 Å². The van der Waals surface area contributed by atoms with Gasteiger partial charge >= 0.3 is 0 Å². The van der Waals surface area contributed by atoms with Gasteiger partial charge < -0.3 is 19.3 Å². The zero-order valence-electron chi connectivity index (χ0n) is 14.7. The Kier molecular flexibility index (Phi) is 5.84. The lowest BCUT2D eigenvalue weighted by Gasteiger charge is -2.53. The lowest BCUT2D eigenvalue weighted by molar-refractivity contribution is -0.191. The van der Waals surface area contributed by atoms with Crippen molar-refractivity contribution in [1.82, 2.24) is 0 Å². The predicted octanol–water partition coefficient (Wildman–Crippen LogP) is 3.38. The average molecular weight is 322 g/mol. The lowest BCUT2D eigenvalue weighted by atomic mass is 9.58. The number of hydrogen-bond donors (Lipinski definition) is 1. The van der Waals surface area contributed by atoms with Gasteiger partial charge in [0, 0.05) is 25.4 Å². The summed E-state index contributed by atoms with van der Waals surface area (Å²) in [5.41, 5.74) is 2.23. The maximum absolute atomic E-state index is 10.6. The largest absolute Gasteiger partial charge is 0.388 e. The Hall–Kier alpha value is -0.940. The zero-order chi connectivity index (χ0) is 17.1. The highest BCUT2D eigenvalue weighted by atomic mass is 16.7. The van der Waals surface area contributed by atoms with Gasteiger partial charge in [-0.3, -0.25) is 0 Å². The molecule has 2 aliphatic rings. The first-order chi connectivity index (χ1) is 10.8. The Morgan fingerprint density at radius 1 is 1.26 bits per heavy atom. The second kappa shape index (κ2) is 7.31. The van der Waals surface area contributed by atoms with Crippen molar-refractivity contribution in [3.05, 3.63) is 36.0 Å². The van der Waals surface area contributed by atoms with Gasteiger partial charge in [-0.2, -0.15) is 0 Å². The van der Waals surface area contributed by atoms with Gasteiger partial charge in [-0.15, -0.1) is 0 Å². The normalized spacial score (nSPS) is 30.6. The molecule has 0 spiro atoms. The molecule has 2 atom stereocenters. The average Bonchev–Trinajstić information content (AvgIpc) is 2.48. The van der Waals surface area contributed by atoms with E-state index in [1.807, 2.05) is 0 Å². The maximum atomic E-state index is 10.6. The zero-order valence-corrected chi connectivity index (χ0v) is 14.7. The third-order valence-corrected chi connectivity index (χ3v) is 5.42. The fourth-order valence-corrected chi connectivity index (χ4v) is 3.77. The van der Waals surface area contributed by atoms with Gasteiger partial charge in [0.15, 0.2) is 0 Å².